The van der Waals surface area contributed by atoms with Crippen molar-refractivity contribution in [1.29, 1.82) is 5.26 Å². The van der Waals surface area contributed by atoms with Crippen molar-refractivity contribution in [3.63, 3.8) is 0 Å². The molecule has 0 unspecified atom stereocenters. The van der Waals surface area contributed by atoms with Crippen LogP contribution in [-0.2, 0) is 6.54 Å². The fourth-order valence-corrected chi connectivity index (χ4v) is 3.45. The minimum Gasteiger partial charge on any atom is -0.397 e. The first kappa shape index (κ1) is 12.9. The Balaban J connectivity index is 1.91. The molecule has 4 nitrogen and oxygen atoms in total. The topological polar surface area (TPSA) is 65.9 Å². The fraction of sp³-hybridized carbons (Fsp3) is 0.333. The highest BCUT2D eigenvalue weighted by Gasteiger charge is 2.32. The van der Waals surface area contributed by atoms with Crippen LogP contribution in [0.1, 0.15) is 34.9 Å². The van der Waals surface area contributed by atoms with Crippen LogP contribution in [0.4, 0.5) is 10.7 Å². The van der Waals surface area contributed by atoms with Gasteiger partial charge in [-0.15, -0.1) is 11.3 Å². The maximum absolute atomic E-state index is 9.18. The van der Waals surface area contributed by atoms with E-state index in [0.29, 0.717) is 16.5 Å². The van der Waals surface area contributed by atoms with Crippen LogP contribution in [0.2, 0.25) is 0 Å². The molecule has 1 fully saturated rings. The third-order valence-corrected chi connectivity index (χ3v) is 4.76. The van der Waals surface area contributed by atoms with Gasteiger partial charge in [0, 0.05) is 18.8 Å². The van der Waals surface area contributed by atoms with Crippen LogP contribution in [0, 0.1) is 11.3 Å². The van der Waals surface area contributed by atoms with Gasteiger partial charge in [-0.2, -0.15) is 5.26 Å². The first-order chi connectivity index (χ1) is 9.70. The molecule has 1 aliphatic rings. The van der Waals surface area contributed by atoms with Crippen molar-refractivity contribution >= 4 is 22.0 Å². The molecule has 20 heavy (non-hydrogen) atoms. The summed E-state index contributed by atoms with van der Waals surface area (Å²) in [6.07, 6.45) is 4.15. The molecule has 1 aliphatic carbocycles. The highest BCUT2D eigenvalue weighted by atomic mass is 32.1. The van der Waals surface area contributed by atoms with Crippen LogP contribution in [0.5, 0.6) is 0 Å². The zero-order chi connectivity index (χ0) is 14.1. The zero-order valence-corrected chi connectivity index (χ0v) is 12.2. The summed E-state index contributed by atoms with van der Waals surface area (Å²) in [5.74, 6) is 0.537. The Morgan fingerprint density at radius 3 is 2.90 bits per heavy atom. The lowest BCUT2D eigenvalue weighted by Gasteiger charge is -2.19. The van der Waals surface area contributed by atoms with Crippen molar-refractivity contribution in [2.75, 3.05) is 17.7 Å². The average Bonchev–Trinajstić information content (AvgIpc) is 3.23. The van der Waals surface area contributed by atoms with Crippen molar-refractivity contribution in [3.05, 3.63) is 40.5 Å². The zero-order valence-electron chi connectivity index (χ0n) is 11.3. The van der Waals surface area contributed by atoms with E-state index in [4.69, 9.17) is 5.73 Å². The maximum Gasteiger partial charge on any atom is 0.130 e. The first-order valence-electron chi connectivity index (χ1n) is 6.64. The number of nitrogens with two attached hydrogens (primary N) is 1. The highest BCUT2D eigenvalue weighted by Crippen LogP contribution is 2.51. The minimum atomic E-state index is 0.537. The molecule has 0 aliphatic heterocycles. The van der Waals surface area contributed by atoms with E-state index in [0.717, 1.165) is 17.2 Å². The maximum atomic E-state index is 9.18. The summed E-state index contributed by atoms with van der Waals surface area (Å²) in [5.41, 5.74) is 9.00. The lowest BCUT2D eigenvalue weighted by molar-refractivity contribution is 0.885. The molecule has 102 valence electrons. The molecule has 2 aromatic heterocycles. The molecule has 0 bridgehead atoms. The number of aromatic nitrogens is 1. The van der Waals surface area contributed by atoms with Crippen LogP contribution >= 0.6 is 11.3 Å². The van der Waals surface area contributed by atoms with Gasteiger partial charge in [-0.25, -0.2) is 0 Å². The second kappa shape index (κ2) is 5.14. The van der Waals surface area contributed by atoms with Gasteiger partial charge in [0.05, 0.1) is 22.9 Å². The number of thiophene rings is 1. The quantitative estimate of drug-likeness (QED) is 0.936. The van der Waals surface area contributed by atoms with E-state index in [9.17, 15) is 5.26 Å². The lowest BCUT2D eigenvalue weighted by atomic mass is 10.1. The van der Waals surface area contributed by atoms with Gasteiger partial charge in [0.15, 0.2) is 0 Å². The molecule has 3 rings (SSSR count). The number of hydrogen-bond donors (Lipinski definition) is 1. The number of hydrogen-bond acceptors (Lipinski definition) is 5. The first-order valence-corrected chi connectivity index (χ1v) is 7.45. The van der Waals surface area contributed by atoms with Gasteiger partial charge in [0.25, 0.3) is 0 Å². The summed E-state index contributed by atoms with van der Waals surface area (Å²) in [4.78, 5) is 7.14. The van der Waals surface area contributed by atoms with E-state index in [2.05, 4.69) is 16.0 Å². The summed E-state index contributed by atoms with van der Waals surface area (Å²) in [5, 5.41) is 10.3. The summed E-state index contributed by atoms with van der Waals surface area (Å²) in [6.45, 7) is 0.728. The monoisotopic (exact) mass is 284 g/mol. The Kier molecular flexibility index (Phi) is 3.33. The smallest absolute Gasteiger partial charge is 0.130 e. The number of nitrogen functional groups attached to an aromatic ring is 1. The van der Waals surface area contributed by atoms with Crippen molar-refractivity contribution in [3.8, 4) is 6.07 Å². The molecular weight excluding hydrogens is 268 g/mol. The third-order valence-electron chi connectivity index (χ3n) is 3.52. The molecule has 0 atom stereocenters. The number of nitrogens with zero attached hydrogens (tertiary/aromatic N) is 3. The molecule has 0 spiro atoms. The van der Waals surface area contributed by atoms with Crippen LogP contribution < -0.4 is 10.6 Å². The number of rotatable bonds is 4. The van der Waals surface area contributed by atoms with E-state index < -0.39 is 0 Å². The van der Waals surface area contributed by atoms with Crippen molar-refractivity contribution in [2.24, 2.45) is 0 Å². The predicted octanol–water partition coefficient (Wildman–Crippen LogP) is 3.11. The number of nitriles is 1. The van der Waals surface area contributed by atoms with Crippen LogP contribution in [0.3, 0.4) is 0 Å². The molecule has 1 saturated carbocycles. The van der Waals surface area contributed by atoms with Gasteiger partial charge in [0.1, 0.15) is 10.9 Å². The van der Waals surface area contributed by atoms with E-state index >= 15 is 0 Å². The molecule has 0 amide bonds. The number of anilines is 2. The molecular formula is C15H16N4S. The standard InChI is InChI=1S/C15H16N4S/c1-19(9-11-4-2-3-7-18-11)15-13(10-5-6-10)14(17)12(8-16)20-15/h2-4,7,10H,5-6,9,17H2,1H3. The Bertz CT molecular complexity index is 653. The highest BCUT2D eigenvalue weighted by molar-refractivity contribution is 7.17. The van der Waals surface area contributed by atoms with Crippen LogP contribution in [-0.4, -0.2) is 12.0 Å². The van der Waals surface area contributed by atoms with Crippen LogP contribution in [0.15, 0.2) is 24.4 Å². The van der Waals surface area contributed by atoms with Crippen molar-refractivity contribution in [2.45, 2.75) is 25.3 Å². The predicted molar refractivity (Wildman–Crippen MR) is 81.8 cm³/mol. The SMILES string of the molecule is CN(Cc1ccccn1)c1sc(C#N)c(N)c1C1CC1. The van der Waals surface area contributed by atoms with E-state index in [1.54, 1.807) is 6.20 Å². The summed E-state index contributed by atoms with van der Waals surface area (Å²) < 4.78 is 0. The molecule has 0 saturated heterocycles. The minimum absolute atomic E-state index is 0.537. The molecule has 5 heteroatoms. The fourth-order valence-electron chi connectivity index (χ4n) is 2.38. The average molecular weight is 284 g/mol. The second-order valence-electron chi connectivity index (χ2n) is 5.13. The molecule has 2 heterocycles. The summed E-state index contributed by atoms with van der Waals surface area (Å²) in [7, 11) is 2.03. The number of pyridine rings is 1. The van der Waals surface area contributed by atoms with E-state index in [1.165, 1.54) is 29.7 Å². The Labute approximate surface area is 122 Å². The van der Waals surface area contributed by atoms with Crippen molar-refractivity contribution < 1.29 is 0 Å². The Hall–Kier alpha value is -2.06. The summed E-state index contributed by atoms with van der Waals surface area (Å²) in [6, 6.07) is 8.12. The molecule has 0 aromatic carbocycles. The van der Waals surface area contributed by atoms with E-state index in [-0.39, 0.29) is 0 Å². The Morgan fingerprint density at radius 2 is 2.30 bits per heavy atom. The van der Waals surface area contributed by atoms with Gasteiger partial charge in [0.2, 0.25) is 0 Å². The second-order valence-corrected chi connectivity index (χ2v) is 6.13. The van der Waals surface area contributed by atoms with Gasteiger partial charge in [-0.3, -0.25) is 4.98 Å². The largest absolute Gasteiger partial charge is 0.397 e. The normalized spacial score (nSPS) is 14.0. The van der Waals surface area contributed by atoms with Crippen LogP contribution in [0.25, 0.3) is 0 Å². The Morgan fingerprint density at radius 1 is 1.50 bits per heavy atom. The lowest BCUT2D eigenvalue weighted by Crippen LogP contribution is -2.17. The van der Waals surface area contributed by atoms with Gasteiger partial charge in [-0.05, 0) is 30.9 Å². The summed E-state index contributed by atoms with van der Waals surface area (Å²) >= 11 is 1.49. The van der Waals surface area contributed by atoms with Gasteiger partial charge >= 0.3 is 0 Å². The van der Waals surface area contributed by atoms with Gasteiger partial charge in [-0.1, -0.05) is 6.07 Å². The molecule has 2 N–H and O–H groups in total. The van der Waals surface area contributed by atoms with Crippen molar-refractivity contribution in [1.82, 2.24) is 4.98 Å². The van der Waals surface area contributed by atoms with Gasteiger partial charge < -0.3 is 10.6 Å². The molecule has 0 radical (unpaired) electrons. The molecule has 2 aromatic rings. The third kappa shape index (κ3) is 2.35. The van der Waals surface area contributed by atoms with E-state index in [1.807, 2.05) is 25.2 Å².